The molecule has 1 N–H and O–H groups in total. The zero-order valence-electron chi connectivity index (χ0n) is 16.8. The fourth-order valence-corrected chi connectivity index (χ4v) is 3.48. The van der Waals surface area contributed by atoms with E-state index in [0.29, 0.717) is 6.54 Å². The van der Waals surface area contributed by atoms with E-state index < -0.39 is 6.04 Å². The molecule has 0 aliphatic carbocycles. The van der Waals surface area contributed by atoms with Gasteiger partial charge in [-0.3, -0.25) is 9.59 Å². The van der Waals surface area contributed by atoms with Crippen molar-refractivity contribution < 1.29 is 14.3 Å². The monoisotopic (exact) mass is 380 g/mol. The molecule has 0 aromatic heterocycles. The molecule has 0 bridgehead atoms. The summed E-state index contributed by atoms with van der Waals surface area (Å²) >= 11 is 0. The van der Waals surface area contributed by atoms with E-state index >= 15 is 0 Å². The first-order chi connectivity index (χ1) is 13.5. The van der Waals surface area contributed by atoms with Crippen LogP contribution in [0.3, 0.4) is 0 Å². The van der Waals surface area contributed by atoms with Crippen LogP contribution in [0.15, 0.2) is 42.5 Å². The van der Waals surface area contributed by atoms with Gasteiger partial charge in [0, 0.05) is 18.2 Å². The van der Waals surface area contributed by atoms with Gasteiger partial charge >= 0.3 is 0 Å². The van der Waals surface area contributed by atoms with Gasteiger partial charge in [-0.2, -0.15) is 0 Å². The summed E-state index contributed by atoms with van der Waals surface area (Å²) in [5.74, 6) is 0.535. The fourth-order valence-electron chi connectivity index (χ4n) is 3.48. The largest absolute Gasteiger partial charge is 0.494 e. The molecule has 5 nitrogen and oxygen atoms in total. The molecule has 2 aromatic rings. The Balaban J connectivity index is 1.73. The summed E-state index contributed by atoms with van der Waals surface area (Å²) in [5, 5.41) is 2.78. The number of unbranched alkanes of at least 4 members (excludes halogenated alkanes) is 2. The maximum absolute atomic E-state index is 13.0. The topological polar surface area (TPSA) is 58.6 Å². The zero-order chi connectivity index (χ0) is 20.1. The average molecular weight is 380 g/mol. The summed E-state index contributed by atoms with van der Waals surface area (Å²) < 4.78 is 5.76. The predicted octanol–water partition coefficient (Wildman–Crippen LogP) is 4.29. The second-order valence-electron chi connectivity index (χ2n) is 7.32. The van der Waals surface area contributed by atoms with Crippen LogP contribution in [0.4, 0.5) is 5.69 Å². The standard InChI is InChI=1S/C23H28N2O3/c1-4-5-6-13-28-19-10-8-18(9-11-19)15-25-21-12-7-16(2)14-20(21)22(23(25)27)24-17(3)26/h7-12,14,22H,4-6,13,15H2,1-3H3,(H,24,26)/t22-/m1/s1. The minimum absolute atomic E-state index is 0.101. The van der Waals surface area contributed by atoms with Crippen LogP contribution in [0, 0.1) is 6.92 Å². The van der Waals surface area contributed by atoms with Gasteiger partial charge in [0.25, 0.3) is 5.91 Å². The van der Waals surface area contributed by atoms with Crippen LogP contribution < -0.4 is 15.0 Å². The number of nitrogens with one attached hydrogen (secondary N) is 1. The second-order valence-corrected chi connectivity index (χ2v) is 7.32. The molecule has 1 aliphatic heterocycles. The lowest BCUT2D eigenvalue weighted by Crippen LogP contribution is -2.36. The number of benzene rings is 2. The van der Waals surface area contributed by atoms with Gasteiger partial charge in [-0.15, -0.1) is 0 Å². The number of amides is 2. The smallest absolute Gasteiger partial charge is 0.254 e. The third-order valence-electron chi connectivity index (χ3n) is 4.93. The minimum Gasteiger partial charge on any atom is -0.494 e. The van der Waals surface area contributed by atoms with Gasteiger partial charge in [-0.25, -0.2) is 0 Å². The number of rotatable bonds is 8. The summed E-state index contributed by atoms with van der Waals surface area (Å²) in [5.41, 5.74) is 3.79. The number of hydrogen-bond donors (Lipinski definition) is 1. The van der Waals surface area contributed by atoms with Crippen molar-refractivity contribution in [2.24, 2.45) is 0 Å². The van der Waals surface area contributed by atoms with Crippen molar-refractivity contribution >= 4 is 17.5 Å². The quantitative estimate of drug-likeness (QED) is 0.695. The average Bonchev–Trinajstić information content (AvgIpc) is 2.91. The van der Waals surface area contributed by atoms with E-state index in [-0.39, 0.29) is 11.8 Å². The van der Waals surface area contributed by atoms with Crippen molar-refractivity contribution in [1.82, 2.24) is 5.32 Å². The Bertz CT molecular complexity index is 845. The van der Waals surface area contributed by atoms with Crippen LogP contribution in [0.25, 0.3) is 0 Å². The lowest BCUT2D eigenvalue weighted by molar-refractivity contribution is -0.126. The normalized spacial score (nSPS) is 15.5. The highest BCUT2D eigenvalue weighted by Crippen LogP contribution is 2.37. The molecule has 0 radical (unpaired) electrons. The molecule has 2 amide bonds. The molecular formula is C23H28N2O3. The molecule has 5 heteroatoms. The van der Waals surface area contributed by atoms with Crippen molar-refractivity contribution in [2.45, 2.75) is 52.6 Å². The van der Waals surface area contributed by atoms with Crippen LogP contribution in [0.2, 0.25) is 0 Å². The number of anilines is 1. The summed E-state index contributed by atoms with van der Waals surface area (Å²) in [6.45, 7) is 6.77. The molecule has 0 unspecified atom stereocenters. The van der Waals surface area contributed by atoms with Crippen molar-refractivity contribution in [2.75, 3.05) is 11.5 Å². The number of hydrogen-bond acceptors (Lipinski definition) is 3. The van der Waals surface area contributed by atoms with E-state index in [9.17, 15) is 9.59 Å². The lowest BCUT2D eigenvalue weighted by atomic mass is 10.1. The predicted molar refractivity (Wildman–Crippen MR) is 110 cm³/mol. The Morgan fingerprint density at radius 1 is 1.14 bits per heavy atom. The van der Waals surface area contributed by atoms with E-state index in [1.54, 1.807) is 4.90 Å². The molecule has 0 spiro atoms. The highest BCUT2D eigenvalue weighted by Gasteiger charge is 2.37. The molecule has 28 heavy (non-hydrogen) atoms. The van der Waals surface area contributed by atoms with Gasteiger partial charge in [0.15, 0.2) is 0 Å². The number of nitrogens with zero attached hydrogens (tertiary/aromatic N) is 1. The Kier molecular flexibility index (Phi) is 6.34. The van der Waals surface area contributed by atoms with Gasteiger partial charge in [0.05, 0.1) is 13.2 Å². The summed E-state index contributed by atoms with van der Waals surface area (Å²) in [6.07, 6.45) is 3.40. The Labute approximate surface area is 166 Å². The molecule has 3 rings (SSSR count). The van der Waals surface area contributed by atoms with Crippen LogP contribution in [0.1, 0.15) is 55.8 Å². The molecule has 0 saturated carbocycles. The molecule has 1 heterocycles. The van der Waals surface area contributed by atoms with Gasteiger partial charge in [0.1, 0.15) is 11.8 Å². The van der Waals surface area contributed by atoms with Crippen molar-refractivity contribution in [3.63, 3.8) is 0 Å². The minimum atomic E-state index is -0.617. The molecule has 1 aliphatic rings. The molecular weight excluding hydrogens is 352 g/mol. The van der Waals surface area contributed by atoms with Gasteiger partial charge in [-0.1, -0.05) is 49.6 Å². The first-order valence-electron chi connectivity index (χ1n) is 9.90. The van der Waals surface area contributed by atoms with E-state index in [4.69, 9.17) is 4.74 Å². The van der Waals surface area contributed by atoms with Crippen molar-refractivity contribution in [1.29, 1.82) is 0 Å². The third-order valence-corrected chi connectivity index (χ3v) is 4.93. The van der Waals surface area contributed by atoms with Gasteiger partial charge in [0.2, 0.25) is 5.91 Å². The first kappa shape index (κ1) is 19.9. The van der Waals surface area contributed by atoms with Crippen LogP contribution in [-0.2, 0) is 16.1 Å². The van der Waals surface area contributed by atoms with E-state index in [1.165, 1.54) is 19.8 Å². The summed E-state index contributed by atoms with van der Waals surface area (Å²) in [6, 6.07) is 13.2. The second kappa shape index (κ2) is 8.91. The number of ether oxygens (including phenoxy) is 1. The zero-order valence-corrected chi connectivity index (χ0v) is 16.8. The van der Waals surface area contributed by atoms with E-state index in [0.717, 1.165) is 41.2 Å². The van der Waals surface area contributed by atoms with Gasteiger partial charge in [-0.05, 0) is 37.1 Å². The Morgan fingerprint density at radius 3 is 2.57 bits per heavy atom. The summed E-state index contributed by atoms with van der Waals surface area (Å²) in [4.78, 5) is 26.3. The number of carbonyl (C=O) groups is 2. The van der Waals surface area contributed by atoms with Gasteiger partial charge < -0.3 is 15.0 Å². The van der Waals surface area contributed by atoms with Crippen LogP contribution in [-0.4, -0.2) is 18.4 Å². The van der Waals surface area contributed by atoms with Crippen molar-refractivity contribution in [3.05, 3.63) is 59.2 Å². The highest BCUT2D eigenvalue weighted by molar-refractivity contribution is 6.06. The third kappa shape index (κ3) is 4.53. The van der Waals surface area contributed by atoms with E-state index in [2.05, 4.69) is 12.2 Å². The Morgan fingerprint density at radius 2 is 1.89 bits per heavy atom. The molecule has 148 valence electrons. The first-order valence-corrected chi connectivity index (χ1v) is 9.90. The maximum atomic E-state index is 13.0. The van der Waals surface area contributed by atoms with Crippen LogP contribution in [0.5, 0.6) is 5.75 Å². The number of fused-ring (bicyclic) bond motifs is 1. The number of carbonyl (C=O) groups excluding carboxylic acids is 2. The molecule has 0 saturated heterocycles. The maximum Gasteiger partial charge on any atom is 0.254 e. The van der Waals surface area contributed by atoms with E-state index in [1.807, 2.05) is 49.4 Å². The molecule has 1 atom stereocenters. The fraction of sp³-hybridized carbons (Fsp3) is 0.391. The van der Waals surface area contributed by atoms with Crippen LogP contribution >= 0.6 is 0 Å². The lowest BCUT2D eigenvalue weighted by Gasteiger charge is -2.18. The SMILES string of the molecule is CCCCCOc1ccc(CN2C(=O)[C@H](NC(C)=O)c3cc(C)ccc32)cc1. The number of aryl methyl sites for hydroxylation is 1. The Hall–Kier alpha value is -2.82. The summed E-state index contributed by atoms with van der Waals surface area (Å²) in [7, 11) is 0. The highest BCUT2D eigenvalue weighted by atomic mass is 16.5. The molecule has 0 fully saturated rings. The van der Waals surface area contributed by atoms with Crippen molar-refractivity contribution in [3.8, 4) is 5.75 Å². The molecule has 2 aromatic carbocycles.